The maximum Gasteiger partial charge on any atom is 0.193 e. The molecule has 1 aromatic heterocycles. The minimum atomic E-state index is 0. The fourth-order valence-electron chi connectivity index (χ4n) is 4.21. The highest BCUT2D eigenvalue weighted by Gasteiger charge is 2.25. The van der Waals surface area contributed by atoms with Crippen molar-refractivity contribution in [2.45, 2.75) is 12.6 Å². The maximum absolute atomic E-state index is 5.57. The van der Waals surface area contributed by atoms with Crippen molar-refractivity contribution in [2.75, 3.05) is 66.1 Å². The minimum absolute atomic E-state index is 0. The summed E-state index contributed by atoms with van der Waals surface area (Å²) in [7, 11) is 1.87. The number of rotatable bonds is 6. The van der Waals surface area contributed by atoms with Gasteiger partial charge >= 0.3 is 0 Å². The first-order valence-electron chi connectivity index (χ1n) is 10.8. The van der Waals surface area contributed by atoms with E-state index >= 15 is 0 Å². The lowest BCUT2D eigenvalue weighted by atomic mass is 10.0. The molecular weight excluding hydrogens is 507 g/mol. The van der Waals surface area contributed by atoms with Crippen LogP contribution in [-0.2, 0) is 11.3 Å². The molecule has 1 aromatic carbocycles. The fourth-order valence-corrected chi connectivity index (χ4v) is 4.21. The number of hydrogen-bond acceptors (Lipinski definition) is 6. The summed E-state index contributed by atoms with van der Waals surface area (Å²) in [4.78, 5) is 11.8. The molecule has 2 aromatic rings. The van der Waals surface area contributed by atoms with Crippen LogP contribution in [0.25, 0.3) is 0 Å². The van der Waals surface area contributed by atoms with Crippen molar-refractivity contribution in [2.24, 2.45) is 4.99 Å². The zero-order valence-corrected chi connectivity index (χ0v) is 20.5. The second-order valence-electron chi connectivity index (χ2n) is 7.76. The number of aromatic nitrogens is 1. The van der Waals surface area contributed by atoms with Gasteiger partial charge in [-0.15, -0.1) is 24.0 Å². The number of hydrogen-bond donors (Lipinski definition) is 1. The van der Waals surface area contributed by atoms with Crippen LogP contribution in [0.3, 0.4) is 0 Å². The van der Waals surface area contributed by atoms with Crippen LogP contribution < -0.4 is 5.32 Å². The number of nitrogens with one attached hydrogen (secondary N) is 1. The molecule has 1 N–H and O–H groups in total. The lowest BCUT2D eigenvalue weighted by Gasteiger charge is -2.38. The van der Waals surface area contributed by atoms with Crippen LogP contribution >= 0.6 is 24.0 Å². The lowest BCUT2D eigenvalue weighted by Crippen LogP contribution is -2.53. The number of piperazine rings is 1. The number of guanidine groups is 1. The molecule has 0 amide bonds. The largest absolute Gasteiger partial charge is 0.379 e. The molecule has 0 aliphatic carbocycles. The summed E-state index contributed by atoms with van der Waals surface area (Å²) >= 11 is 0. The molecule has 1 unspecified atom stereocenters. The summed E-state index contributed by atoms with van der Waals surface area (Å²) in [6.45, 7) is 9.05. The first kappa shape index (κ1) is 24.0. The van der Waals surface area contributed by atoms with E-state index in [0.717, 1.165) is 77.2 Å². The van der Waals surface area contributed by atoms with Gasteiger partial charge in [0.1, 0.15) is 6.26 Å². The third kappa shape index (κ3) is 6.64. The van der Waals surface area contributed by atoms with E-state index in [9.17, 15) is 0 Å². The SMILES string of the molecule is CN=C(NCC(c1ccccc1)N1CCOCC1)N1CCN(Cc2ccon2)CC1.I. The summed E-state index contributed by atoms with van der Waals surface area (Å²) in [5, 5.41) is 7.67. The molecule has 2 saturated heterocycles. The molecule has 4 rings (SSSR count). The predicted molar refractivity (Wildman–Crippen MR) is 132 cm³/mol. The third-order valence-electron chi connectivity index (χ3n) is 5.88. The molecule has 170 valence electrons. The molecule has 3 heterocycles. The smallest absolute Gasteiger partial charge is 0.193 e. The predicted octanol–water partition coefficient (Wildman–Crippen LogP) is 2.06. The summed E-state index contributed by atoms with van der Waals surface area (Å²) < 4.78 is 10.5. The Balaban J connectivity index is 0.00000272. The Morgan fingerprint density at radius 2 is 1.81 bits per heavy atom. The van der Waals surface area contributed by atoms with E-state index in [2.05, 4.69) is 60.5 Å². The molecule has 9 heteroatoms. The average molecular weight is 540 g/mol. The molecule has 1 atom stereocenters. The van der Waals surface area contributed by atoms with E-state index < -0.39 is 0 Å². The molecule has 2 fully saturated rings. The van der Waals surface area contributed by atoms with Gasteiger partial charge in [-0.2, -0.15) is 0 Å². The van der Waals surface area contributed by atoms with Crippen molar-refractivity contribution < 1.29 is 9.26 Å². The number of nitrogens with zero attached hydrogens (tertiary/aromatic N) is 5. The van der Waals surface area contributed by atoms with Crippen LogP contribution in [0.1, 0.15) is 17.3 Å². The van der Waals surface area contributed by atoms with E-state index in [0.29, 0.717) is 6.04 Å². The van der Waals surface area contributed by atoms with Crippen LogP contribution in [-0.4, -0.2) is 91.9 Å². The number of halogens is 1. The van der Waals surface area contributed by atoms with E-state index in [4.69, 9.17) is 9.26 Å². The van der Waals surface area contributed by atoms with Gasteiger partial charge in [-0.25, -0.2) is 0 Å². The second kappa shape index (κ2) is 12.4. The first-order chi connectivity index (χ1) is 14.8. The molecule has 8 nitrogen and oxygen atoms in total. The highest BCUT2D eigenvalue weighted by atomic mass is 127. The lowest BCUT2D eigenvalue weighted by molar-refractivity contribution is 0.0168. The monoisotopic (exact) mass is 540 g/mol. The summed E-state index contributed by atoms with van der Waals surface area (Å²) in [6, 6.07) is 13.0. The van der Waals surface area contributed by atoms with Crippen LogP contribution in [0.15, 0.2) is 52.2 Å². The van der Waals surface area contributed by atoms with Crippen LogP contribution in [0.5, 0.6) is 0 Å². The summed E-state index contributed by atoms with van der Waals surface area (Å²) in [5.74, 6) is 0.977. The molecule has 0 saturated carbocycles. The molecule has 2 aliphatic heterocycles. The zero-order chi connectivity index (χ0) is 20.6. The Hall–Kier alpha value is -1.69. The number of benzene rings is 1. The Bertz CT molecular complexity index is 775. The summed E-state index contributed by atoms with van der Waals surface area (Å²) in [6.07, 6.45) is 1.63. The van der Waals surface area contributed by atoms with E-state index in [1.165, 1.54) is 5.56 Å². The van der Waals surface area contributed by atoms with Crippen LogP contribution in [0.4, 0.5) is 0 Å². The van der Waals surface area contributed by atoms with E-state index in [1.807, 2.05) is 13.1 Å². The van der Waals surface area contributed by atoms with E-state index in [-0.39, 0.29) is 24.0 Å². The quantitative estimate of drug-likeness (QED) is 0.342. The highest BCUT2D eigenvalue weighted by Crippen LogP contribution is 2.21. The van der Waals surface area contributed by atoms with Crippen molar-refractivity contribution in [3.8, 4) is 0 Å². The Morgan fingerprint density at radius 3 is 2.45 bits per heavy atom. The van der Waals surface area contributed by atoms with Gasteiger partial charge in [0.15, 0.2) is 5.96 Å². The molecule has 2 aliphatic rings. The number of ether oxygens (including phenoxy) is 1. The number of morpholine rings is 1. The van der Waals surface area contributed by atoms with Crippen LogP contribution in [0.2, 0.25) is 0 Å². The fraction of sp³-hybridized carbons (Fsp3) is 0.545. The van der Waals surface area contributed by atoms with Gasteiger partial charge in [0.25, 0.3) is 0 Å². The normalized spacial score (nSPS) is 19.6. The Labute approximate surface area is 201 Å². The van der Waals surface area contributed by atoms with Crippen molar-refractivity contribution in [3.05, 3.63) is 53.9 Å². The second-order valence-corrected chi connectivity index (χ2v) is 7.76. The molecule has 0 bridgehead atoms. The van der Waals surface area contributed by atoms with Gasteiger partial charge in [-0.05, 0) is 5.56 Å². The van der Waals surface area contributed by atoms with E-state index in [1.54, 1.807) is 6.26 Å². The van der Waals surface area contributed by atoms with Crippen LogP contribution in [0, 0.1) is 0 Å². The minimum Gasteiger partial charge on any atom is -0.379 e. The molecule has 0 spiro atoms. The molecular formula is C22H33IN6O2. The van der Waals surface area contributed by atoms with Gasteiger partial charge in [0.2, 0.25) is 0 Å². The summed E-state index contributed by atoms with van der Waals surface area (Å²) in [5.41, 5.74) is 2.32. The van der Waals surface area contributed by atoms with Crippen molar-refractivity contribution in [1.82, 2.24) is 25.2 Å². The van der Waals surface area contributed by atoms with Gasteiger partial charge in [0, 0.05) is 65.5 Å². The maximum atomic E-state index is 5.57. The van der Waals surface area contributed by atoms with Gasteiger partial charge < -0.3 is 19.5 Å². The van der Waals surface area contributed by atoms with Gasteiger partial charge in [-0.1, -0.05) is 35.5 Å². The Kier molecular flexibility index (Phi) is 9.56. The topological polar surface area (TPSA) is 69.4 Å². The zero-order valence-electron chi connectivity index (χ0n) is 18.2. The van der Waals surface area contributed by atoms with Crippen molar-refractivity contribution in [3.63, 3.8) is 0 Å². The molecule has 0 radical (unpaired) electrons. The van der Waals surface area contributed by atoms with Crippen molar-refractivity contribution in [1.29, 1.82) is 0 Å². The van der Waals surface area contributed by atoms with Gasteiger partial charge in [-0.3, -0.25) is 14.8 Å². The van der Waals surface area contributed by atoms with Crippen molar-refractivity contribution >= 4 is 29.9 Å². The third-order valence-corrected chi connectivity index (χ3v) is 5.88. The average Bonchev–Trinajstić information content (AvgIpc) is 3.32. The highest BCUT2D eigenvalue weighted by molar-refractivity contribution is 14.0. The first-order valence-corrected chi connectivity index (χ1v) is 10.8. The number of aliphatic imine (C=N–C) groups is 1. The standard InChI is InChI=1S/C22H32N6O2.HI/c1-23-22(28-10-8-26(9-11-28)18-20-7-14-30-25-20)24-17-21(19-5-3-2-4-6-19)27-12-15-29-16-13-27;/h2-7,14,21H,8-13,15-18H2,1H3,(H,23,24);1H. The van der Waals surface area contributed by atoms with Gasteiger partial charge in [0.05, 0.1) is 24.9 Å². The Morgan fingerprint density at radius 1 is 1.06 bits per heavy atom. The molecule has 31 heavy (non-hydrogen) atoms.